The summed E-state index contributed by atoms with van der Waals surface area (Å²) >= 11 is 1.43. The van der Waals surface area contributed by atoms with Gasteiger partial charge in [-0.3, -0.25) is 0 Å². The molecule has 0 bridgehead atoms. The number of hydrogen-bond donors (Lipinski definition) is 1. The molecule has 7 heteroatoms. The van der Waals surface area contributed by atoms with Crippen LogP contribution in [0.1, 0.15) is 11.3 Å². The van der Waals surface area contributed by atoms with E-state index in [2.05, 4.69) is 20.1 Å². The normalized spacial score (nSPS) is 15.5. The van der Waals surface area contributed by atoms with Crippen molar-refractivity contribution in [3.05, 3.63) is 79.8 Å². The van der Waals surface area contributed by atoms with E-state index in [1.165, 1.54) is 17.7 Å². The van der Waals surface area contributed by atoms with Crippen LogP contribution < -0.4 is 0 Å². The van der Waals surface area contributed by atoms with Crippen molar-refractivity contribution in [2.75, 3.05) is 0 Å². The summed E-state index contributed by atoms with van der Waals surface area (Å²) < 4.78 is 1.69. The van der Waals surface area contributed by atoms with Crippen LogP contribution in [0.3, 0.4) is 0 Å². The fourth-order valence-corrected chi connectivity index (χ4v) is 3.14. The fourth-order valence-electron chi connectivity index (χ4n) is 2.28. The van der Waals surface area contributed by atoms with Crippen molar-refractivity contribution < 1.29 is 5.11 Å². The third-order valence-electron chi connectivity index (χ3n) is 3.36. The van der Waals surface area contributed by atoms with Crippen LogP contribution in [0.4, 0.5) is 5.13 Å². The van der Waals surface area contributed by atoms with Crippen molar-refractivity contribution in [3.63, 3.8) is 0 Å². The van der Waals surface area contributed by atoms with E-state index in [1.54, 1.807) is 35.4 Å². The van der Waals surface area contributed by atoms with E-state index < -0.39 is 0 Å². The van der Waals surface area contributed by atoms with Crippen molar-refractivity contribution in [2.45, 2.75) is 0 Å². The second-order valence-corrected chi connectivity index (χ2v) is 5.97. The second kappa shape index (κ2) is 6.52. The summed E-state index contributed by atoms with van der Waals surface area (Å²) in [7, 11) is 0. The van der Waals surface area contributed by atoms with Gasteiger partial charge in [0.25, 0.3) is 0 Å². The molecule has 0 aliphatic heterocycles. The van der Waals surface area contributed by atoms with Crippen LogP contribution in [0.2, 0.25) is 0 Å². The minimum atomic E-state index is 0.207. The van der Waals surface area contributed by atoms with Gasteiger partial charge in [-0.2, -0.15) is 5.10 Å². The minimum Gasteiger partial charge on any atom is -0.508 e. The molecule has 1 aliphatic rings. The standard InChI is InChI=1S/C17H12N5OS/c23-14-7-3-4-12(8-14)9-19-17-21-15(13-5-1-2-6-13)16(24-17)22-11-18-10-20-22/h1-11,23H/b19-9+. The highest BCUT2D eigenvalue weighted by Crippen LogP contribution is 2.38. The Bertz CT molecular complexity index is 850. The van der Waals surface area contributed by atoms with E-state index in [4.69, 9.17) is 0 Å². The van der Waals surface area contributed by atoms with Gasteiger partial charge in [0.15, 0.2) is 0 Å². The molecule has 0 amide bonds. The van der Waals surface area contributed by atoms with Crippen molar-refractivity contribution in [1.29, 1.82) is 0 Å². The maximum Gasteiger partial charge on any atom is 0.211 e. The molecule has 1 aliphatic carbocycles. The van der Waals surface area contributed by atoms with Crippen LogP contribution in [-0.2, 0) is 0 Å². The van der Waals surface area contributed by atoms with Crippen LogP contribution in [0, 0.1) is 31.6 Å². The Balaban J connectivity index is 1.67. The van der Waals surface area contributed by atoms with Gasteiger partial charge in [0.2, 0.25) is 5.13 Å². The van der Waals surface area contributed by atoms with Crippen molar-refractivity contribution >= 4 is 22.7 Å². The lowest BCUT2D eigenvalue weighted by Gasteiger charge is -2.06. The first kappa shape index (κ1) is 15.0. The molecule has 0 atom stereocenters. The number of nitrogens with zero attached hydrogens (tertiary/aromatic N) is 5. The van der Waals surface area contributed by atoms with Crippen LogP contribution >= 0.6 is 11.3 Å². The molecule has 2 aromatic heterocycles. The Morgan fingerprint density at radius 2 is 2.08 bits per heavy atom. The van der Waals surface area contributed by atoms with Crippen LogP contribution in [0.5, 0.6) is 5.75 Å². The van der Waals surface area contributed by atoms with Gasteiger partial charge in [0, 0.05) is 12.1 Å². The second-order valence-electron chi connectivity index (χ2n) is 5.02. The molecule has 1 aromatic carbocycles. The van der Waals surface area contributed by atoms with E-state index in [-0.39, 0.29) is 5.75 Å². The van der Waals surface area contributed by atoms with Gasteiger partial charge in [0.05, 0.1) is 5.69 Å². The first-order chi connectivity index (χ1) is 11.8. The number of aromatic hydroxyl groups is 1. The van der Waals surface area contributed by atoms with Gasteiger partial charge in [-0.25, -0.2) is 19.6 Å². The fraction of sp³-hybridized carbons (Fsp3) is 0. The maximum absolute atomic E-state index is 9.52. The van der Waals surface area contributed by atoms with Gasteiger partial charge in [0.1, 0.15) is 23.4 Å². The quantitative estimate of drug-likeness (QED) is 0.744. The number of aromatic nitrogens is 4. The Labute approximate surface area is 143 Å². The van der Waals surface area contributed by atoms with Gasteiger partial charge in [-0.05, 0) is 43.4 Å². The number of thiazole rings is 1. The third-order valence-corrected chi connectivity index (χ3v) is 4.31. The van der Waals surface area contributed by atoms with E-state index in [9.17, 15) is 5.11 Å². The zero-order valence-electron chi connectivity index (χ0n) is 12.4. The lowest BCUT2D eigenvalue weighted by Crippen LogP contribution is -2.02. The summed E-state index contributed by atoms with van der Waals surface area (Å²) in [5.41, 5.74) is 1.63. The van der Waals surface area contributed by atoms with E-state index >= 15 is 0 Å². The zero-order valence-corrected chi connectivity index (χ0v) is 13.3. The molecule has 1 N–H and O–H groups in total. The summed E-state index contributed by atoms with van der Waals surface area (Å²) in [6.45, 7) is 0. The molecule has 6 nitrogen and oxygen atoms in total. The summed E-state index contributed by atoms with van der Waals surface area (Å²) in [5.74, 6) is 1.22. The lowest BCUT2D eigenvalue weighted by atomic mass is 10.1. The van der Waals surface area contributed by atoms with Crippen molar-refractivity contribution in [1.82, 2.24) is 19.7 Å². The number of benzene rings is 1. The van der Waals surface area contributed by atoms with Gasteiger partial charge < -0.3 is 5.11 Å². The topological polar surface area (TPSA) is 76.2 Å². The van der Waals surface area contributed by atoms with Crippen molar-refractivity contribution in [3.8, 4) is 10.8 Å². The average Bonchev–Trinajstić information content (AvgIpc) is 3.32. The predicted octanol–water partition coefficient (Wildman–Crippen LogP) is 2.93. The molecule has 0 spiro atoms. The summed E-state index contributed by atoms with van der Waals surface area (Å²) in [6, 6.07) is 6.91. The molecule has 3 aromatic rings. The Morgan fingerprint density at radius 1 is 1.21 bits per heavy atom. The highest BCUT2D eigenvalue weighted by atomic mass is 32.1. The minimum absolute atomic E-state index is 0.207. The molecule has 5 radical (unpaired) electrons. The molecule has 1 saturated carbocycles. The van der Waals surface area contributed by atoms with E-state index in [0.717, 1.165) is 22.2 Å². The average molecular weight is 334 g/mol. The molecule has 24 heavy (non-hydrogen) atoms. The number of phenolic OH excluding ortho intramolecular Hbond substituents is 1. The van der Waals surface area contributed by atoms with Gasteiger partial charge in [-0.15, -0.1) is 0 Å². The number of hydrogen-bond acceptors (Lipinski definition) is 6. The first-order valence-corrected chi connectivity index (χ1v) is 8.02. The molecule has 4 rings (SSSR count). The number of rotatable bonds is 4. The highest BCUT2D eigenvalue weighted by Gasteiger charge is 2.26. The Morgan fingerprint density at radius 3 is 2.83 bits per heavy atom. The maximum atomic E-state index is 9.52. The Hall–Kier alpha value is -2.54. The molecule has 0 saturated heterocycles. The van der Waals surface area contributed by atoms with Crippen LogP contribution in [0.25, 0.3) is 5.00 Å². The van der Waals surface area contributed by atoms with Gasteiger partial charge in [-0.1, -0.05) is 23.5 Å². The first-order valence-electron chi connectivity index (χ1n) is 7.20. The number of phenols is 1. The summed E-state index contributed by atoms with van der Waals surface area (Å²) in [5, 5.41) is 15.2. The lowest BCUT2D eigenvalue weighted by molar-refractivity contribution is 0.475. The summed E-state index contributed by atoms with van der Waals surface area (Å²) in [6.07, 6.45) is 12.7. The zero-order chi connectivity index (χ0) is 16.4. The molecular weight excluding hydrogens is 322 g/mol. The van der Waals surface area contributed by atoms with Crippen LogP contribution in [-0.4, -0.2) is 31.1 Å². The monoisotopic (exact) mass is 334 g/mol. The smallest absolute Gasteiger partial charge is 0.211 e. The SMILES string of the molecule is Oc1cccc(/C=N/c2nc([C]3[CH][CH][CH][CH]3)c(-n3cncn3)s2)c1. The largest absolute Gasteiger partial charge is 0.508 e. The van der Waals surface area contributed by atoms with Crippen molar-refractivity contribution in [2.24, 2.45) is 4.99 Å². The molecule has 1 fully saturated rings. The molecule has 0 unspecified atom stereocenters. The predicted molar refractivity (Wildman–Crippen MR) is 91.9 cm³/mol. The Kier molecular flexibility index (Phi) is 4.08. The van der Waals surface area contributed by atoms with Crippen LogP contribution in [0.15, 0.2) is 41.9 Å². The third kappa shape index (κ3) is 3.07. The molecular formula is C17H12N5OS. The van der Waals surface area contributed by atoms with E-state index in [0.29, 0.717) is 5.13 Å². The van der Waals surface area contributed by atoms with E-state index in [1.807, 2.05) is 31.7 Å². The highest BCUT2D eigenvalue weighted by molar-refractivity contribution is 7.18. The number of aliphatic imine (C=N–C) groups is 1. The summed E-state index contributed by atoms with van der Waals surface area (Å²) in [4.78, 5) is 13.0. The molecule has 2 heterocycles. The van der Waals surface area contributed by atoms with Gasteiger partial charge >= 0.3 is 0 Å². The molecule has 117 valence electrons.